The van der Waals surface area contributed by atoms with E-state index < -0.39 is 11.7 Å². The molecule has 1 heterocycles. The third kappa shape index (κ3) is 4.45. The molecule has 0 spiro atoms. The van der Waals surface area contributed by atoms with E-state index in [0.29, 0.717) is 18.7 Å². The van der Waals surface area contributed by atoms with Crippen molar-refractivity contribution < 1.29 is 18.0 Å². The molecule has 0 fully saturated rings. The average molecular weight is 360 g/mol. The standard InChI is InChI=1S/C20H19F3N2O/c21-20(22,23)18-8-6-15(7-9-18)14-24-19(26)25-12-10-17(11-13-25)16-4-2-1-3-5-16/h1-10H,11-14H2,(H,24,26). The van der Waals surface area contributed by atoms with E-state index in [9.17, 15) is 18.0 Å². The summed E-state index contributed by atoms with van der Waals surface area (Å²) >= 11 is 0. The molecule has 0 saturated heterocycles. The van der Waals surface area contributed by atoms with Gasteiger partial charge in [-0.2, -0.15) is 13.2 Å². The van der Waals surface area contributed by atoms with E-state index in [1.54, 1.807) is 4.90 Å². The van der Waals surface area contributed by atoms with Crippen molar-refractivity contribution in [3.63, 3.8) is 0 Å². The highest BCUT2D eigenvalue weighted by Gasteiger charge is 2.29. The summed E-state index contributed by atoms with van der Waals surface area (Å²) in [5.41, 5.74) is 2.32. The van der Waals surface area contributed by atoms with Crippen LogP contribution in [0.15, 0.2) is 60.7 Å². The van der Waals surface area contributed by atoms with Gasteiger partial charge in [-0.3, -0.25) is 0 Å². The van der Waals surface area contributed by atoms with Crippen LogP contribution >= 0.6 is 0 Å². The Morgan fingerprint density at radius 3 is 2.31 bits per heavy atom. The van der Waals surface area contributed by atoms with Crippen molar-refractivity contribution in [1.82, 2.24) is 10.2 Å². The number of urea groups is 1. The zero-order chi connectivity index (χ0) is 18.6. The lowest BCUT2D eigenvalue weighted by Crippen LogP contribution is -2.41. The normalized spacial score (nSPS) is 14.7. The largest absolute Gasteiger partial charge is 0.416 e. The molecule has 6 heteroatoms. The maximum absolute atomic E-state index is 12.5. The fourth-order valence-corrected chi connectivity index (χ4v) is 2.87. The lowest BCUT2D eigenvalue weighted by molar-refractivity contribution is -0.137. The van der Waals surface area contributed by atoms with Crippen LogP contribution in [-0.4, -0.2) is 24.0 Å². The Morgan fingerprint density at radius 2 is 1.73 bits per heavy atom. The Labute approximate surface area is 150 Å². The van der Waals surface area contributed by atoms with Gasteiger partial charge in [0, 0.05) is 19.6 Å². The minimum Gasteiger partial charge on any atom is -0.334 e. The van der Waals surface area contributed by atoms with Crippen LogP contribution in [0.3, 0.4) is 0 Å². The van der Waals surface area contributed by atoms with Crippen molar-refractivity contribution in [2.24, 2.45) is 0 Å². The predicted octanol–water partition coefficient (Wildman–Crippen LogP) is 4.70. The van der Waals surface area contributed by atoms with E-state index >= 15 is 0 Å². The average Bonchev–Trinajstić information content (AvgIpc) is 2.66. The molecule has 0 radical (unpaired) electrons. The summed E-state index contributed by atoms with van der Waals surface area (Å²) < 4.78 is 37.6. The van der Waals surface area contributed by atoms with Crippen molar-refractivity contribution in [2.75, 3.05) is 13.1 Å². The molecule has 0 unspecified atom stereocenters. The number of hydrogen-bond acceptors (Lipinski definition) is 1. The van der Waals surface area contributed by atoms with Crippen molar-refractivity contribution in [3.05, 3.63) is 77.4 Å². The Morgan fingerprint density at radius 1 is 1.04 bits per heavy atom. The van der Waals surface area contributed by atoms with Gasteiger partial charge in [-0.05, 0) is 35.3 Å². The van der Waals surface area contributed by atoms with E-state index in [2.05, 4.69) is 5.32 Å². The number of halogens is 3. The van der Waals surface area contributed by atoms with Gasteiger partial charge in [0.2, 0.25) is 0 Å². The van der Waals surface area contributed by atoms with E-state index in [0.717, 1.165) is 24.1 Å². The van der Waals surface area contributed by atoms with Crippen LogP contribution in [0.4, 0.5) is 18.0 Å². The molecule has 0 aliphatic carbocycles. The molecule has 2 aromatic carbocycles. The summed E-state index contributed by atoms with van der Waals surface area (Å²) in [6.07, 6.45) is -1.54. The van der Waals surface area contributed by atoms with E-state index in [1.165, 1.54) is 17.7 Å². The van der Waals surface area contributed by atoms with E-state index in [1.807, 2.05) is 36.4 Å². The number of nitrogens with one attached hydrogen (secondary N) is 1. The summed E-state index contributed by atoms with van der Waals surface area (Å²) in [4.78, 5) is 13.9. The fraction of sp³-hybridized carbons (Fsp3) is 0.250. The second kappa shape index (κ2) is 7.64. The molecule has 3 rings (SSSR count). The number of rotatable bonds is 3. The molecule has 2 aromatic rings. The van der Waals surface area contributed by atoms with Crippen molar-refractivity contribution in [3.8, 4) is 0 Å². The summed E-state index contributed by atoms with van der Waals surface area (Å²) in [6.45, 7) is 1.32. The molecule has 0 bridgehead atoms. The van der Waals surface area contributed by atoms with Crippen LogP contribution in [0.5, 0.6) is 0 Å². The minimum absolute atomic E-state index is 0.197. The molecule has 0 saturated carbocycles. The number of benzene rings is 2. The van der Waals surface area contributed by atoms with Crippen LogP contribution in [0.2, 0.25) is 0 Å². The number of nitrogens with zero attached hydrogens (tertiary/aromatic N) is 1. The highest BCUT2D eigenvalue weighted by atomic mass is 19.4. The van der Waals surface area contributed by atoms with Crippen molar-refractivity contribution in [1.29, 1.82) is 0 Å². The summed E-state index contributed by atoms with van der Waals surface area (Å²) in [5.74, 6) is 0. The van der Waals surface area contributed by atoms with Gasteiger partial charge in [0.05, 0.1) is 5.56 Å². The molecular formula is C20H19F3N2O. The SMILES string of the molecule is O=C(NCc1ccc(C(F)(F)F)cc1)N1CC=C(c2ccccc2)CC1. The Kier molecular flexibility index (Phi) is 5.30. The van der Waals surface area contributed by atoms with Crippen molar-refractivity contribution >= 4 is 11.6 Å². The van der Waals surface area contributed by atoms with E-state index in [4.69, 9.17) is 0 Å². The van der Waals surface area contributed by atoms with Crippen molar-refractivity contribution in [2.45, 2.75) is 19.1 Å². The van der Waals surface area contributed by atoms with Gasteiger partial charge in [0.25, 0.3) is 0 Å². The first-order valence-electron chi connectivity index (χ1n) is 8.37. The first-order valence-corrected chi connectivity index (χ1v) is 8.37. The first kappa shape index (κ1) is 18.0. The Hall–Kier alpha value is -2.76. The summed E-state index contributed by atoms with van der Waals surface area (Å²) in [7, 11) is 0. The molecular weight excluding hydrogens is 341 g/mol. The van der Waals surface area contributed by atoms with Gasteiger partial charge in [-0.1, -0.05) is 48.5 Å². The molecule has 1 aliphatic heterocycles. The quantitative estimate of drug-likeness (QED) is 0.845. The zero-order valence-corrected chi connectivity index (χ0v) is 14.1. The Bertz CT molecular complexity index is 783. The number of amides is 2. The molecule has 1 N–H and O–H groups in total. The number of alkyl halides is 3. The fourth-order valence-electron chi connectivity index (χ4n) is 2.87. The molecule has 0 atom stereocenters. The second-order valence-electron chi connectivity index (χ2n) is 6.14. The number of carbonyl (C=O) groups excluding carboxylic acids is 1. The van der Waals surface area contributed by atoms with Crippen LogP contribution in [0.1, 0.15) is 23.1 Å². The van der Waals surface area contributed by atoms with E-state index in [-0.39, 0.29) is 12.6 Å². The second-order valence-corrected chi connectivity index (χ2v) is 6.14. The summed E-state index contributed by atoms with van der Waals surface area (Å²) in [5, 5.41) is 2.76. The van der Waals surface area contributed by atoms with Gasteiger partial charge in [0.15, 0.2) is 0 Å². The molecule has 1 aliphatic rings. The van der Waals surface area contributed by atoms with Crippen LogP contribution in [0.25, 0.3) is 5.57 Å². The van der Waals surface area contributed by atoms with Gasteiger partial charge >= 0.3 is 12.2 Å². The Balaban J connectivity index is 1.52. The topological polar surface area (TPSA) is 32.3 Å². The molecule has 0 aromatic heterocycles. The maximum atomic E-state index is 12.5. The van der Waals surface area contributed by atoms with Gasteiger partial charge in [-0.25, -0.2) is 4.79 Å². The minimum atomic E-state index is -4.35. The lowest BCUT2D eigenvalue weighted by Gasteiger charge is -2.27. The highest BCUT2D eigenvalue weighted by molar-refractivity contribution is 5.76. The number of hydrogen-bond donors (Lipinski definition) is 1. The zero-order valence-electron chi connectivity index (χ0n) is 14.1. The molecule has 2 amide bonds. The van der Waals surface area contributed by atoms with Gasteiger partial charge in [-0.15, -0.1) is 0 Å². The number of carbonyl (C=O) groups is 1. The molecule has 136 valence electrons. The first-order chi connectivity index (χ1) is 12.4. The highest BCUT2D eigenvalue weighted by Crippen LogP contribution is 2.29. The van der Waals surface area contributed by atoms with Gasteiger partial charge < -0.3 is 10.2 Å². The smallest absolute Gasteiger partial charge is 0.334 e. The van der Waals surface area contributed by atoms with Crippen LogP contribution < -0.4 is 5.32 Å². The molecule has 26 heavy (non-hydrogen) atoms. The third-order valence-electron chi connectivity index (χ3n) is 4.37. The maximum Gasteiger partial charge on any atom is 0.416 e. The van der Waals surface area contributed by atoms with Crippen LogP contribution in [0, 0.1) is 0 Å². The molecule has 3 nitrogen and oxygen atoms in total. The lowest BCUT2D eigenvalue weighted by atomic mass is 10.00. The summed E-state index contributed by atoms with van der Waals surface area (Å²) in [6, 6.07) is 14.6. The van der Waals surface area contributed by atoms with Gasteiger partial charge in [0.1, 0.15) is 0 Å². The predicted molar refractivity (Wildman–Crippen MR) is 94.3 cm³/mol. The van der Waals surface area contributed by atoms with Crippen LogP contribution in [-0.2, 0) is 12.7 Å². The third-order valence-corrected chi connectivity index (χ3v) is 4.37. The monoisotopic (exact) mass is 360 g/mol.